The Labute approximate surface area is 121 Å². The molecule has 0 N–H and O–H groups in total. The Bertz CT molecular complexity index is 812. The van der Waals surface area contributed by atoms with Crippen LogP contribution in [0.15, 0.2) is 36.5 Å². The Balaban J connectivity index is 2.04. The van der Waals surface area contributed by atoms with Gasteiger partial charge in [0.1, 0.15) is 0 Å². The number of nitrogens with zero attached hydrogens (tertiary/aromatic N) is 4. The van der Waals surface area contributed by atoms with Crippen molar-refractivity contribution < 1.29 is 0 Å². The molecule has 0 saturated heterocycles. The zero-order valence-electron chi connectivity index (χ0n) is 10.8. The molecular formula is C15H11ClN4. The van der Waals surface area contributed by atoms with E-state index in [9.17, 15) is 0 Å². The van der Waals surface area contributed by atoms with E-state index in [1.54, 1.807) is 12.3 Å². The number of hydrogen-bond donors (Lipinski definition) is 0. The quantitative estimate of drug-likeness (QED) is 0.666. The summed E-state index contributed by atoms with van der Waals surface area (Å²) < 4.78 is 1.92. The number of halogens is 1. The number of rotatable bonds is 2. The number of aryl methyl sites for hydroxylation is 1. The topological polar surface area (TPSA) is 35.1 Å². The maximum Gasteiger partial charge on any atom is 0.205 e. The first-order valence-corrected chi connectivity index (χ1v) is 6.50. The van der Waals surface area contributed by atoms with Crippen molar-refractivity contribution in [2.75, 3.05) is 0 Å². The van der Waals surface area contributed by atoms with Gasteiger partial charge >= 0.3 is 0 Å². The van der Waals surface area contributed by atoms with Gasteiger partial charge in [-0.15, -0.1) is 0 Å². The van der Waals surface area contributed by atoms with Crippen molar-refractivity contribution in [2.24, 2.45) is 0 Å². The monoisotopic (exact) mass is 282 g/mol. The van der Waals surface area contributed by atoms with Gasteiger partial charge < -0.3 is 4.57 Å². The number of pyridine rings is 1. The highest BCUT2D eigenvalue weighted by Crippen LogP contribution is 2.23. The molecule has 0 saturated carbocycles. The minimum Gasteiger partial charge on any atom is -0.309 e. The molecular weight excluding hydrogens is 272 g/mol. The van der Waals surface area contributed by atoms with Crippen molar-refractivity contribution in [3.8, 4) is 0 Å². The fraction of sp³-hybridized carbons (Fsp3) is 0.133. The predicted molar refractivity (Wildman–Crippen MR) is 79.1 cm³/mol. The van der Waals surface area contributed by atoms with E-state index in [-0.39, 0.29) is 0 Å². The molecule has 0 bridgehead atoms. The van der Waals surface area contributed by atoms with E-state index in [4.69, 9.17) is 18.2 Å². The van der Waals surface area contributed by atoms with Crippen molar-refractivity contribution in [1.29, 1.82) is 0 Å². The molecule has 2 heterocycles. The Morgan fingerprint density at radius 3 is 2.85 bits per heavy atom. The summed E-state index contributed by atoms with van der Waals surface area (Å²) >= 11 is 6.22. The lowest BCUT2D eigenvalue weighted by Gasteiger charge is -2.05. The molecule has 0 aliphatic carbocycles. The van der Waals surface area contributed by atoms with E-state index in [2.05, 4.69) is 14.8 Å². The van der Waals surface area contributed by atoms with E-state index in [1.807, 2.05) is 35.8 Å². The second-order valence-electron chi connectivity index (χ2n) is 4.53. The number of para-hydroxylation sites is 1. The number of imidazole rings is 1. The van der Waals surface area contributed by atoms with Gasteiger partial charge in [-0.25, -0.2) is 9.83 Å². The molecule has 0 spiro atoms. The number of benzene rings is 1. The standard InChI is InChI=1S/C15H11ClN4/c1-10-4-3-5-13-14(10)19-15(16)20(13)9-12-7-6-11(17-2)8-18-12/h3-8H,9H2,1H3. The third-order valence-electron chi connectivity index (χ3n) is 3.19. The van der Waals surface area contributed by atoms with Gasteiger partial charge in [-0.05, 0) is 36.2 Å². The molecule has 0 amide bonds. The normalized spacial score (nSPS) is 10.7. The smallest absolute Gasteiger partial charge is 0.205 e. The molecule has 1 aromatic carbocycles. The van der Waals surface area contributed by atoms with Crippen LogP contribution < -0.4 is 0 Å². The molecule has 0 radical (unpaired) electrons. The average Bonchev–Trinajstić information content (AvgIpc) is 2.78. The Kier molecular flexibility index (Phi) is 3.13. The molecule has 0 fully saturated rings. The van der Waals surface area contributed by atoms with Crippen LogP contribution in [-0.4, -0.2) is 14.5 Å². The van der Waals surface area contributed by atoms with Gasteiger partial charge in [0.2, 0.25) is 11.0 Å². The van der Waals surface area contributed by atoms with Crippen LogP contribution in [0.4, 0.5) is 5.69 Å². The number of fused-ring (bicyclic) bond motifs is 1. The summed E-state index contributed by atoms with van der Waals surface area (Å²) in [5.74, 6) is 0. The largest absolute Gasteiger partial charge is 0.309 e. The third-order valence-corrected chi connectivity index (χ3v) is 3.48. The Morgan fingerprint density at radius 1 is 1.30 bits per heavy atom. The zero-order valence-corrected chi connectivity index (χ0v) is 11.6. The van der Waals surface area contributed by atoms with Crippen molar-refractivity contribution >= 4 is 28.3 Å². The molecule has 0 unspecified atom stereocenters. The lowest BCUT2D eigenvalue weighted by atomic mass is 10.2. The summed E-state index contributed by atoms with van der Waals surface area (Å²) in [6, 6.07) is 9.59. The van der Waals surface area contributed by atoms with Crippen LogP contribution in [0, 0.1) is 13.5 Å². The molecule has 98 valence electrons. The van der Waals surface area contributed by atoms with E-state index in [1.165, 1.54) is 0 Å². The molecule has 2 aromatic heterocycles. The van der Waals surface area contributed by atoms with Gasteiger partial charge in [0, 0.05) is 6.20 Å². The molecule has 0 aliphatic heterocycles. The summed E-state index contributed by atoms with van der Waals surface area (Å²) in [7, 11) is 0. The highest BCUT2D eigenvalue weighted by molar-refractivity contribution is 6.29. The van der Waals surface area contributed by atoms with Gasteiger partial charge in [-0.1, -0.05) is 18.2 Å². The summed E-state index contributed by atoms with van der Waals surface area (Å²) in [4.78, 5) is 12.0. The fourth-order valence-corrected chi connectivity index (χ4v) is 2.38. The maximum absolute atomic E-state index is 6.92. The minimum atomic E-state index is 0.449. The van der Waals surface area contributed by atoms with Crippen LogP contribution in [0.1, 0.15) is 11.3 Å². The van der Waals surface area contributed by atoms with Crippen LogP contribution in [0.25, 0.3) is 15.9 Å². The highest BCUT2D eigenvalue weighted by Gasteiger charge is 2.11. The first kappa shape index (κ1) is 12.6. The third kappa shape index (κ3) is 2.13. The van der Waals surface area contributed by atoms with Gasteiger partial charge in [-0.2, -0.15) is 0 Å². The molecule has 5 heteroatoms. The molecule has 3 rings (SSSR count). The average molecular weight is 283 g/mol. The van der Waals surface area contributed by atoms with E-state index < -0.39 is 0 Å². The second kappa shape index (κ2) is 4.95. The summed E-state index contributed by atoms with van der Waals surface area (Å²) in [6.45, 7) is 9.48. The lowest BCUT2D eigenvalue weighted by Crippen LogP contribution is -2.01. The molecule has 0 aliphatic rings. The second-order valence-corrected chi connectivity index (χ2v) is 4.87. The maximum atomic E-state index is 6.92. The number of aromatic nitrogens is 3. The van der Waals surface area contributed by atoms with Gasteiger partial charge in [0.05, 0.1) is 29.8 Å². The summed E-state index contributed by atoms with van der Waals surface area (Å²) in [5, 5.41) is 0.449. The van der Waals surface area contributed by atoms with Crippen LogP contribution in [0.3, 0.4) is 0 Å². The van der Waals surface area contributed by atoms with E-state index in [0.29, 0.717) is 17.5 Å². The summed E-state index contributed by atoms with van der Waals surface area (Å²) in [5.41, 5.74) is 4.38. The van der Waals surface area contributed by atoms with Gasteiger partial charge in [0.25, 0.3) is 0 Å². The van der Waals surface area contributed by atoms with Gasteiger partial charge in [0.15, 0.2) is 0 Å². The number of hydrogen-bond acceptors (Lipinski definition) is 2. The first-order chi connectivity index (χ1) is 9.69. The first-order valence-electron chi connectivity index (χ1n) is 6.13. The lowest BCUT2D eigenvalue weighted by molar-refractivity contribution is 0.799. The summed E-state index contributed by atoms with van der Waals surface area (Å²) in [6.07, 6.45) is 1.57. The van der Waals surface area contributed by atoms with Gasteiger partial charge in [-0.3, -0.25) is 4.98 Å². The van der Waals surface area contributed by atoms with Crippen molar-refractivity contribution in [3.63, 3.8) is 0 Å². The van der Waals surface area contributed by atoms with E-state index >= 15 is 0 Å². The van der Waals surface area contributed by atoms with Crippen LogP contribution >= 0.6 is 11.6 Å². The zero-order chi connectivity index (χ0) is 14.1. The molecule has 20 heavy (non-hydrogen) atoms. The predicted octanol–water partition coefficient (Wildman–Crippen LogP) is 3.99. The van der Waals surface area contributed by atoms with Crippen LogP contribution in [-0.2, 0) is 6.54 Å². The fourth-order valence-electron chi connectivity index (χ4n) is 2.15. The van der Waals surface area contributed by atoms with Crippen molar-refractivity contribution in [3.05, 3.63) is 64.5 Å². The SMILES string of the molecule is [C-]#[N+]c1ccc(Cn2c(Cl)nc3c(C)cccc32)nc1. The molecule has 4 nitrogen and oxygen atoms in total. The van der Waals surface area contributed by atoms with Crippen LogP contribution in [0.5, 0.6) is 0 Å². The van der Waals surface area contributed by atoms with Crippen molar-refractivity contribution in [2.45, 2.75) is 13.5 Å². The minimum absolute atomic E-state index is 0.449. The van der Waals surface area contributed by atoms with E-state index in [0.717, 1.165) is 22.3 Å². The molecule has 0 atom stereocenters. The Morgan fingerprint density at radius 2 is 2.15 bits per heavy atom. The Hall–Kier alpha value is -2.38. The van der Waals surface area contributed by atoms with Crippen molar-refractivity contribution in [1.82, 2.24) is 14.5 Å². The van der Waals surface area contributed by atoms with Crippen LogP contribution in [0.2, 0.25) is 5.28 Å². The molecule has 3 aromatic rings. The highest BCUT2D eigenvalue weighted by atomic mass is 35.5.